The van der Waals surface area contributed by atoms with E-state index in [0.717, 1.165) is 6.32 Å². The van der Waals surface area contributed by atoms with Gasteiger partial charge < -0.3 is 5.23 Å². The van der Waals surface area contributed by atoms with E-state index in [1.54, 1.807) is 0 Å². The Kier molecular flexibility index (Phi) is 3.82. The van der Waals surface area contributed by atoms with Gasteiger partial charge >= 0.3 is 0 Å². The maximum atomic E-state index is 3.50. The van der Waals surface area contributed by atoms with Gasteiger partial charge in [-0.1, -0.05) is 13.2 Å². The molecule has 0 aliphatic carbocycles. The first-order valence-electron chi connectivity index (χ1n) is 3.37. The van der Waals surface area contributed by atoms with E-state index in [4.69, 9.17) is 0 Å². The van der Waals surface area contributed by atoms with E-state index >= 15 is 0 Å². The zero-order valence-electron chi connectivity index (χ0n) is 6.66. The van der Waals surface area contributed by atoms with Crippen molar-refractivity contribution in [3.05, 3.63) is 0 Å². The van der Waals surface area contributed by atoms with Gasteiger partial charge in [-0.15, -0.1) is 15.8 Å². The van der Waals surface area contributed by atoms with Gasteiger partial charge in [0.05, 0.1) is 0 Å². The van der Waals surface area contributed by atoms with Gasteiger partial charge in [0.1, 0.15) is 0 Å². The molecule has 0 unspecified atom stereocenters. The highest BCUT2D eigenvalue weighted by atomic mass is 79.9. The zero-order chi connectivity index (χ0) is 7.49. The highest BCUT2D eigenvalue weighted by molar-refractivity contribution is 9.24. The van der Waals surface area contributed by atoms with Crippen molar-refractivity contribution in [1.82, 2.24) is 5.23 Å². The molecule has 0 atom stereocenters. The van der Waals surface area contributed by atoms with Gasteiger partial charge in [0.15, 0.2) is 0 Å². The molecule has 0 rings (SSSR count). The van der Waals surface area contributed by atoms with E-state index in [0.29, 0.717) is 5.67 Å². The molecule has 0 aromatic heterocycles. The van der Waals surface area contributed by atoms with Gasteiger partial charge in [-0.25, -0.2) is 0 Å². The summed E-state index contributed by atoms with van der Waals surface area (Å²) in [5, 5.41) is 3.39. The number of rotatable bonds is 2. The minimum Gasteiger partial charge on any atom is -0.342 e. The Morgan fingerprint density at radius 1 is 1.44 bits per heavy atom. The second kappa shape index (κ2) is 3.62. The molecule has 1 N–H and O–H groups in total. The predicted molar refractivity (Wildman–Crippen MR) is 48.1 cm³/mol. The third-order valence-corrected chi connectivity index (χ3v) is 1.82. The van der Waals surface area contributed by atoms with E-state index < -0.39 is 0 Å². The molecule has 0 heterocycles. The summed E-state index contributed by atoms with van der Waals surface area (Å²) in [5.41, 5.74) is 0.682. The van der Waals surface area contributed by atoms with Crippen LogP contribution in [0.25, 0.3) is 0 Å². The topological polar surface area (TPSA) is 12.0 Å². The minimum atomic E-state index is 0.226. The number of hydrogen-bond donors (Lipinski definition) is 1. The Balaban J connectivity index is 3.47. The minimum absolute atomic E-state index is 0.226. The van der Waals surface area contributed by atoms with Crippen LogP contribution in [0.3, 0.4) is 0 Å². The van der Waals surface area contributed by atoms with Gasteiger partial charge in [-0.3, -0.25) is 0 Å². The van der Waals surface area contributed by atoms with Crippen LogP contribution in [0.2, 0.25) is 6.32 Å². The molecule has 0 saturated heterocycles. The number of nitrogens with one attached hydrogen (secondary N) is 1. The largest absolute Gasteiger partial charge is 0.342 e. The average molecular weight is 192 g/mol. The van der Waals surface area contributed by atoms with Gasteiger partial charge in [0, 0.05) is 5.54 Å². The second-order valence-corrected chi connectivity index (χ2v) is 4.38. The van der Waals surface area contributed by atoms with Gasteiger partial charge in [0.2, 0.25) is 0 Å². The van der Waals surface area contributed by atoms with Crippen LogP contribution in [0.1, 0.15) is 27.7 Å². The van der Waals surface area contributed by atoms with Crippen molar-refractivity contribution in [3.63, 3.8) is 0 Å². The molecule has 0 bridgehead atoms. The highest BCUT2D eigenvalue weighted by Gasteiger charge is 2.15. The molecule has 0 amide bonds. The SMILES string of the molecule is CCB(Br)NC(C)(C)C. The van der Waals surface area contributed by atoms with Gasteiger partial charge in [-0.05, 0) is 20.8 Å². The molecule has 0 aromatic rings. The first kappa shape index (κ1) is 9.50. The lowest BCUT2D eigenvalue weighted by Gasteiger charge is -2.22. The normalized spacial score (nSPS) is 11.7. The van der Waals surface area contributed by atoms with Crippen molar-refractivity contribution in [1.29, 1.82) is 0 Å². The van der Waals surface area contributed by atoms with Crippen molar-refractivity contribution in [2.75, 3.05) is 0 Å². The average Bonchev–Trinajstić information content (AvgIpc) is 1.62. The van der Waals surface area contributed by atoms with Crippen molar-refractivity contribution in [2.24, 2.45) is 0 Å². The lowest BCUT2D eigenvalue weighted by molar-refractivity contribution is 0.521. The second-order valence-electron chi connectivity index (χ2n) is 3.27. The fourth-order valence-electron chi connectivity index (χ4n) is 0.572. The summed E-state index contributed by atoms with van der Waals surface area (Å²) in [5.74, 6) is 0. The molecule has 0 aromatic carbocycles. The molecule has 1 nitrogen and oxygen atoms in total. The van der Waals surface area contributed by atoms with Crippen LogP contribution in [0, 0.1) is 0 Å². The summed E-state index contributed by atoms with van der Waals surface area (Å²) < 4.78 is 0. The van der Waals surface area contributed by atoms with Crippen LogP contribution < -0.4 is 5.23 Å². The molecular formula is C6H15BBrN. The smallest absolute Gasteiger partial charge is 0.300 e. The molecule has 0 saturated carbocycles. The third kappa shape index (κ3) is 6.39. The maximum absolute atomic E-state index is 3.50. The number of halogens is 1. The Bertz CT molecular complexity index is 79.6. The summed E-state index contributed by atoms with van der Waals surface area (Å²) in [6.07, 6.45) is 1.12. The van der Waals surface area contributed by atoms with E-state index in [9.17, 15) is 0 Å². The van der Waals surface area contributed by atoms with E-state index in [-0.39, 0.29) is 5.54 Å². The Labute approximate surface area is 66.7 Å². The number of hydrogen-bond acceptors (Lipinski definition) is 1. The molecule has 0 fully saturated rings. The maximum Gasteiger partial charge on any atom is 0.300 e. The van der Waals surface area contributed by atoms with Crippen molar-refractivity contribution in [2.45, 2.75) is 39.6 Å². The Morgan fingerprint density at radius 2 is 1.89 bits per heavy atom. The lowest BCUT2D eigenvalue weighted by atomic mass is 9.86. The molecule has 9 heavy (non-hydrogen) atoms. The Morgan fingerprint density at radius 3 is 2.00 bits per heavy atom. The van der Waals surface area contributed by atoms with Crippen LogP contribution in [-0.2, 0) is 0 Å². The predicted octanol–water partition coefficient (Wildman–Crippen LogP) is 2.28. The summed E-state index contributed by atoms with van der Waals surface area (Å²) in [6, 6.07) is 0. The van der Waals surface area contributed by atoms with E-state index in [1.165, 1.54) is 0 Å². The van der Waals surface area contributed by atoms with Crippen LogP contribution in [0.5, 0.6) is 0 Å². The van der Waals surface area contributed by atoms with Crippen LogP contribution in [-0.4, -0.2) is 11.2 Å². The summed E-state index contributed by atoms with van der Waals surface area (Å²) in [7, 11) is 0. The van der Waals surface area contributed by atoms with Crippen molar-refractivity contribution >= 4 is 21.4 Å². The molecule has 3 heteroatoms. The molecule has 0 spiro atoms. The Hall–Kier alpha value is 0.505. The first-order chi connectivity index (χ1) is 3.95. The lowest BCUT2D eigenvalue weighted by Crippen LogP contribution is -2.43. The van der Waals surface area contributed by atoms with Crippen LogP contribution >= 0.6 is 15.8 Å². The molecular weight excluding hydrogens is 177 g/mol. The first-order valence-corrected chi connectivity index (χ1v) is 4.29. The standard InChI is InChI=1S/C6H15BBrN/c1-5-7(8)9-6(2,3)4/h9H,5H2,1-4H3. The van der Waals surface area contributed by atoms with E-state index in [2.05, 4.69) is 48.7 Å². The zero-order valence-corrected chi connectivity index (χ0v) is 8.25. The fraction of sp³-hybridized carbons (Fsp3) is 1.00. The summed E-state index contributed by atoms with van der Waals surface area (Å²) in [6.45, 7) is 8.64. The molecule has 0 aliphatic heterocycles. The molecule has 0 radical (unpaired) electrons. The van der Waals surface area contributed by atoms with Gasteiger partial charge in [0.25, 0.3) is 5.67 Å². The highest BCUT2D eigenvalue weighted by Crippen LogP contribution is 2.04. The summed E-state index contributed by atoms with van der Waals surface area (Å²) in [4.78, 5) is 0. The summed E-state index contributed by atoms with van der Waals surface area (Å²) >= 11 is 3.50. The van der Waals surface area contributed by atoms with E-state index in [1.807, 2.05) is 0 Å². The molecule has 0 aliphatic rings. The van der Waals surface area contributed by atoms with Crippen molar-refractivity contribution in [3.8, 4) is 0 Å². The van der Waals surface area contributed by atoms with Crippen molar-refractivity contribution < 1.29 is 0 Å². The van der Waals surface area contributed by atoms with Crippen LogP contribution in [0.15, 0.2) is 0 Å². The van der Waals surface area contributed by atoms with Crippen LogP contribution in [0.4, 0.5) is 0 Å². The monoisotopic (exact) mass is 191 g/mol. The quantitative estimate of drug-likeness (QED) is 0.661. The van der Waals surface area contributed by atoms with Gasteiger partial charge in [-0.2, -0.15) is 0 Å². The third-order valence-electron chi connectivity index (χ3n) is 0.948. The molecule has 54 valence electrons. The fourth-order valence-corrected chi connectivity index (χ4v) is 1.26.